The van der Waals surface area contributed by atoms with E-state index in [4.69, 9.17) is 0 Å². The summed E-state index contributed by atoms with van der Waals surface area (Å²) in [6.07, 6.45) is 3.89. The van der Waals surface area contributed by atoms with Crippen molar-refractivity contribution in [3.8, 4) is 0 Å². The Morgan fingerprint density at radius 2 is 2.19 bits per heavy atom. The third-order valence-corrected chi connectivity index (χ3v) is 5.61. The summed E-state index contributed by atoms with van der Waals surface area (Å²) in [5.74, 6) is 0.0378. The molecule has 8 heteroatoms. The van der Waals surface area contributed by atoms with Crippen LogP contribution < -0.4 is 5.32 Å². The number of aliphatic hydroxyl groups is 1. The maximum absolute atomic E-state index is 12.9. The van der Waals surface area contributed by atoms with Gasteiger partial charge in [-0.3, -0.25) is 4.79 Å². The van der Waals surface area contributed by atoms with Crippen LogP contribution in [0.2, 0.25) is 0 Å². The summed E-state index contributed by atoms with van der Waals surface area (Å²) in [5, 5.41) is 25.0. The molecule has 2 saturated heterocycles. The van der Waals surface area contributed by atoms with Crippen molar-refractivity contribution in [3.63, 3.8) is 0 Å². The Balaban J connectivity index is 1.45. The van der Waals surface area contributed by atoms with Crippen LogP contribution in [0, 0.1) is 5.41 Å². The topological polar surface area (TPSA) is 96.2 Å². The molecule has 2 fully saturated rings. The Morgan fingerprint density at radius 3 is 2.92 bits per heavy atom. The molecule has 138 valence electrons. The van der Waals surface area contributed by atoms with Crippen molar-refractivity contribution < 1.29 is 9.90 Å². The van der Waals surface area contributed by atoms with E-state index in [0.717, 1.165) is 44.5 Å². The molecule has 2 aliphatic rings. The first-order valence-electron chi connectivity index (χ1n) is 9.14. The monoisotopic (exact) mass is 356 g/mol. The van der Waals surface area contributed by atoms with Gasteiger partial charge in [0.25, 0.3) is 5.91 Å². The maximum Gasteiger partial charge on any atom is 0.253 e. The van der Waals surface area contributed by atoms with E-state index in [-0.39, 0.29) is 17.4 Å². The average molecular weight is 356 g/mol. The molecule has 0 unspecified atom stereocenters. The molecule has 1 aromatic carbocycles. The summed E-state index contributed by atoms with van der Waals surface area (Å²) in [5.41, 5.74) is 1.52. The molecule has 0 radical (unpaired) electrons. The van der Waals surface area contributed by atoms with Crippen molar-refractivity contribution in [3.05, 3.63) is 41.7 Å². The fraction of sp³-hybridized carbons (Fsp3) is 0.556. The van der Waals surface area contributed by atoms with Gasteiger partial charge in [-0.1, -0.05) is 12.1 Å². The number of hydrogen-bond donors (Lipinski definition) is 2. The summed E-state index contributed by atoms with van der Waals surface area (Å²) in [6.45, 7) is 3.57. The molecule has 0 saturated carbocycles. The summed E-state index contributed by atoms with van der Waals surface area (Å²) in [7, 11) is 0. The van der Waals surface area contributed by atoms with Crippen LogP contribution in [0.3, 0.4) is 0 Å². The Labute approximate surface area is 152 Å². The number of piperidine rings is 2. The maximum atomic E-state index is 12.9. The van der Waals surface area contributed by atoms with Gasteiger partial charge < -0.3 is 15.3 Å². The summed E-state index contributed by atoms with van der Waals surface area (Å²) in [4.78, 5) is 14.8. The minimum atomic E-state index is -0.335. The number of nitrogens with zero attached hydrogens (tertiary/aromatic N) is 5. The number of aromatic nitrogens is 4. The number of carbonyl (C=O) groups is 1. The first-order chi connectivity index (χ1) is 12.7. The fourth-order valence-corrected chi connectivity index (χ4v) is 4.13. The Morgan fingerprint density at radius 1 is 1.35 bits per heavy atom. The van der Waals surface area contributed by atoms with Gasteiger partial charge in [0, 0.05) is 30.6 Å². The first-order valence-corrected chi connectivity index (χ1v) is 9.14. The molecule has 0 bridgehead atoms. The SMILES string of the molecule is O=C(c1ccc(Cn2cnnn2)cc1)N1CCC[C@]2(CNCC[C@@H]2O)C1. The molecular formula is C18H24N6O2. The van der Waals surface area contributed by atoms with E-state index in [1.165, 1.54) is 0 Å². The van der Waals surface area contributed by atoms with Crippen molar-refractivity contribution in [1.82, 2.24) is 30.4 Å². The highest BCUT2D eigenvalue weighted by molar-refractivity contribution is 5.94. The van der Waals surface area contributed by atoms with Gasteiger partial charge in [-0.05, 0) is 53.9 Å². The lowest BCUT2D eigenvalue weighted by molar-refractivity contribution is -0.0433. The van der Waals surface area contributed by atoms with Gasteiger partial charge in [-0.25, -0.2) is 4.68 Å². The van der Waals surface area contributed by atoms with Crippen LogP contribution in [-0.2, 0) is 6.54 Å². The second kappa shape index (κ2) is 7.13. The standard InChI is InChI=1S/C18H24N6O2/c25-16-6-8-19-11-18(16)7-1-9-23(12-18)17(26)15-4-2-14(3-5-15)10-24-13-20-21-22-24/h2-5,13,16,19,25H,1,6-12H2/t16-,18-/m0/s1. The van der Waals surface area contributed by atoms with Crippen LogP contribution >= 0.6 is 0 Å². The number of rotatable bonds is 3. The molecule has 2 N–H and O–H groups in total. The molecule has 1 amide bonds. The predicted molar refractivity (Wildman–Crippen MR) is 94.4 cm³/mol. The number of tetrazole rings is 1. The summed E-state index contributed by atoms with van der Waals surface area (Å²) < 4.78 is 1.64. The quantitative estimate of drug-likeness (QED) is 0.821. The van der Waals surface area contributed by atoms with Gasteiger partial charge in [-0.2, -0.15) is 0 Å². The van der Waals surface area contributed by atoms with Gasteiger partial charge in [0.15, 0.2) is 0 Å². The normalized spacial score (nSPS) is 26.2. The lowest BCUT2D eigenvalue weighted by atomic mass is 9.72. The molecule has 1 aromatic heterocycles. The second-order valence-corrected chi connectivity index (χ2v) is 7.38. The zero-order valence-electron chi connectivity index (χ0n) is 14.7. The Hall–Kier alpha value is -2.32. The average Bonchev–Trinajstić information content (AvgIpc) is 3.18. The van der Waals surface area contributed by atoms with E-state index >= 15 is 0 Å². The summed E-state index contributed by atoms with van der Waals surface area (Å²) in [6, 6.07) is 7.59. The van der Waals surface area contributed by atoms with E-state index in [0.29, 0.717) is 18.7 Å². The molecule has 26 heavy (non-hydrogen) atoms. The second-order valence-electron chi connectivity index (χ2n) is 7.38. The van der Waals surface area contributed by atoms with Gasteiger partial charge in [0.05, 0.1) is 12.6 Å². The number of aliphatic hydroxyl groups excluding tert-OH is 1. The van der Waals surface area contributed by atoms with Crippen LogP contribution in [-0.4, -0.2) is 68.4 Å². The number of nitrogens with one attached hydrogen (secondary N) is 1. The van der Waals surface area contributed by atoms with E-state index in [2.05, 4.69) is 20.8 Å². The van der Waals surface area contributed by atoms with Crippen LogP contribution in [0.5, 0.6) is 0 Å². The summed E-state index contributed by atoms with van der Waals surface area (Å²) >= 11 is 0. The molecule has 3 heterocycles. The lowest BCUT2D eigenvalue weighted by Gasteiger charge is -2.48. The fourth-order valence-electron chi connectivity index (χ4n) is 4.13. The number of hydrogen-bond acceptors (Lipinski definition) is 6. The molecule has 0 aliphatic carbocycles. The van der Waals surface area contributed by atoms with Crippen LogP contribution in [0.1, 0.15) is 35.2 Å². The Kier molecular flexibility index (Phi) is 4.69. The van der Waals surface area contributed by atoms with E-state index < -0.39 is 0 Å². The van der Waals surface area contributed by atoms with Crippen molar-refractivity contribution >= 4 is 5.91 Å². The number of amides is 1. The molecular weight excluding hydrogens is 332 g/mol. The highest BCUT2D eigenvalue weighted by Crippen LogP contribution is 2.36. The molecule has 2 atom stereocenters. The Bertz CT molecular complexity index is 744. The highest BCUT2D eigenvalue weighted by Gasteiger charge is 2.44. The van der Waals surface area contributed by atoms with Crippen molar-refractivity contribution in [2.75, 3.05) is 26.2 Å². The molecule has 8 nitrogen and oxygen atoms in total. The van der Waals surface area contributed by atoms with Gasteiger partial charge in [0.1, 0.15) is 6.33 Å². The van der Waals surface area contributed by atoms with E-state index in [9.17, 15) is 9.90 Å². The van der Waals surface area contributed by atoms with Crippen LogP contribution in [0.15, 0.2) is 30.6 Å². The molecule has 4 rings (SSSR count). The zero-order valence-corrected chi connectivity index (χ0v) is 14.7. The van der Waals surface area contributed by atoms with Crippen LogP contribution in [0.25, 0.3) is 0 Å². The smallest absolute Gasteiger partial charge is 0.253 e. The van der Waals surface area contributed by atoms with Gasteiger partial charge in [-0.15, -0.1) is 5.10 Å². The number of likely N-dealkylation sites (tertiary alicyclic amines) is 1. The van der Waals surface area contributed by atoms with Crippen molar-refractivity contribution in [1.29, 1.82) is 0 Å². The third kappa shape index (κ3) is 3.34. The molecule has 2 aromatic rings. The third-order valence-electron chi connectivity index (χ3n) is 5.61. The van der Waals surface area contributed by atoms with Crippen molar-refractivity contribution in [2.45, 2.75) is 31.9 Å². The zero-order chi connectivity index (χ0) is 18.0. The number of carbonyl (C=O) groups excluding carboxylic acids is 1. The first kappa shape index (κ1) is 17.1. The lowest BCUT2D eigenvalue weighted by Crippen LogP contribution is -2.58. The minimum absolute atomic E-state index is 0.0378. The number of benzene rings is 1. The predicted octanol–water partition coefficient (Wildman–Crippen LogP) is 0.298. The van der Waals surface area contributed by atoms with Crippen LogP contribution in [0.4, 0.5) is 0 Å². The largest absolute Gasteiger partial charge is 0.392 e. The van der Waals surface area contributed by atoms with E-state index in [1.54, 1.807) is 11.0 Å². The molecule has 1 spiro atoms. The minimum Gasteiger partial charge on any atom is -0.392 e. The molecule has 2 aliphatic heterocycles. The van der Waals surface area contributed by atoms with Gasteiger partial charge >= 0.3 is 0 Å². The van der Waals surface area contributed by atoms with E-state index in [1.807, 2.05) is 29.2 Å². The van der Waals surface area contributed by atoms with Gasteiger partial charge in [0.2, 0.25) is 0 Å². The van der Waals surface area contributed by atoms with Crippen molar-refractivity contribution in [2.24, 2.45) is 5.41 Å². The highest BCUT2D eigenvalue weighted by atomic mass is 16.3.